The molecule has 28 heavy (non-hydrogen) atoms. The molecule has 0 aliphatic carbocycles. The van der Waals surface area contributed by atoms with E-state index in [1.165, 1.54) is 16.7 Å². The lowest BCUT2D eigenvalue weighted by Gasteiger charge is -2.23. The molecule has 0 bridgehead atoms. The molecule has 1 saturated heterocycles. The number of rotatable bonds is 3. The second-order valence-electron chi connectivity index (χ2n) is 7.45. The number of nitrogens with zero attached hydrogens (tertiary/aromatic N) is 3. The first-order valence-electron chi connectivity index (χ1n) is 9.78. The van der Waals surface area contributed by atoms with Gasteiger partial charge in [-0.15, -0.1) is 0 Å². The Labute approximate surface area is 167 Å². The maximum Gasteiger partial charge on any atom is 0.246 e. The normalized spacial score (nSPS) is 14.8. The lowest BCUT2D eigenvalue weighted by atomic mass is 10.0. The van der Waals surface area contributed by atoms with Crippen molar-refractivity contribution in [2.75, 3.05) is 31.1 Å². The monoisotopic (exact) mass is 373 g/mol. The van der Waals surface area contributed by atoms with Crippen molar-refractivity contribution in [1.29, 1.82) is 5.26 Å². The minimum absolute atomic E-state index is 0.0688. The maximum absolute atomic E-state index is 12.7. The average molecular weight is 374 g/mol. The van der Waals surface area contributed by atoms with Crippen LogP contribution < -0.4 is 4.90 Å². The molecule has 4 nitrogen and oxygen atoms in total. The van der Waals surface area contributed by atoms with E-state index >= 15 is 0 Å². The topological polar surface area (TPSA) is 47.3 Å². The first kappa shape index (κ1) is 19.7. The molecule has 0 aromatic heterocycles. The largest absolute Gasteiger partial charge is 0.370 e. The Morgan fingerprint density at radius 2 is 1.68 bits per heavy atom. The van der Waals surface area contributed by atoms with Crippen molar-refractivity contribution in [3.05, 3.63) is 70.3 Å². The Hall–Kier alpha value is -3.06. The Morgan fingerprint density at radius 3 is 2.39 bits per heavy atom. The predicted octanol–water partition coefficient (Wildman–Crippen LogP) is 4.24. The minimum atomic E-state index is 0.0688. The molecule has 1 amide bonds. The van der Waals surface area contributed by atoms with Crippen LogP contribution in [0.3, 0.4) is 0 Å². The first-order chi connectivity index (χ1) is 13.5. The summed E-state index contributed by atoms with van der Waals surface area (Å²) in [5.74, 6) is 0.0688. The zero-order valence-corrected chi connectivity index (χ0v) is 16.9. The van der Waals surface area contributed by atoms with E-state index in [1.807, 2.05) is 35.2 Å². The molecule has 1 heterocycles. The number of amides is 1. The van der Waals surface area contributed by atoms with Crippen LogP contribution in [-0.4, -0.2) is 37.0 Å². The molecule has 1 aliphatic heterocycles. The summed E-state index contributed by atoms with van der Waals surface area (Å²) in [5.41, 5.74) is 6.58. The summed E-state index contributed by atoms with van der Waals surface area (Å²) in [6.07, 6.45) is 4.57. The van der Waals surface area contributed by atoms with E-state index in [9.17, 15) is 4.79 Å². The Bertz CT molecular complexity index is 922. The fourth-order valence-electron chi connectivity index (χ4n) is 3.57. The van der Waals surface area contributed by atoms with Gasteiger partial charge in [0.2, 0.25) is 5.91 Å². The van der Waals surface area contributed by atoms with Crippen LogP contribution in [0, 0.1) is 32.1 Å². The van der Waals surface area contributed by atoms with Crippen LogP contribution >= 0.6 is 0 Å². The molecular formula is C24H27N3O. The van der Waals surface area contributed by atoms with Crippen molar-refractivity contribution >= 4 is 17.7 Å². The van der Waals surface area contributed by atoms with Crippen molar-refractivity contribution in [2.45, 2.75) is 27.2 Å². The third-order valence-electron chi connectivity index (χ3n) is 5.46. The van der Waals surface area contributed by atoms with Gasteiger partial charge in [-0.3, -0.25) is 4.79 Å². The molecule has 3 rings (SSSR count). The van der Waals surface area contributed by atoms with Gasteiger partial charge >= 0.3 is 0 Å². The highest BCUT2D eigenvalue weighted by Crippen LogP contribution is 2.19. The van der Waals surface area contributed by atoms with Crippen molar-refractivity contribution < 1.29 is 4.79 Å². The van der Waals surface area contributed by atoms with Gasteiger partial charge in [0.05, 0.1) is 11.6 Å². The zero-order valence-electron chi connectivity index (χ0n) is 16.9. The van der Waals surface area contributed by atoms with Gasteiger partial charge in [-0.2, -0.15) is 5.26 Å². The first-order valence-corrected chi connectivity index (χ1v) is 9.78. The van der Waals surface area contributed by atoms with Gasteiger partial charge in [0.25, 0.3) is 0 Å². The summed E-state index contributed by atoms with van der Waals surface area (Å²) < 4.78 is 0. The molecule has 1 fully saturated rings. The average Bonchev–Trinajstić information content (AvgIpc) is 2.96. The van der Waals surface area contributed by atoms with Crippen LogP contribution in [-0.2, 0) is 4.79 Å². The SMILES string of the molecule is Cc1cc(C)c(/C=C/C(=O)N2CCCN(c3ccc(C#N)cc3)CC2)cc1C. The van der Waals surface area contributed by atoms with Crippen LogP contribution in [0.5, 0.6) is 0 Å². The summed E-state index contributed by atoms with van der Waals surface area (Å²) in [5, 5.41) is 8.94. The Balaban J connectivity index is 1.64. The molecule has 1 aliphatic rings. The van der Waals surface area contributed by atoms with Gasteiger partial charge in [-0.25, -0.2) is 0 Å². The van der Waals surface area contributed by atoms with E-state index < -0.39 is 0 Å². The predicted molar refractivity (Wildman–Crippen MR) is 114 cm³/mol. The minimum Gasteiger partial charge on any atom is -0.370 e. The molecule has 0 N–H and O–H groups in total. The third-order valence-corrected chi connectivity index (χ3v) is 5.46. The summed E-state index contributed by atoms with van der Waals surface area (Å²) in [6.45, 7) is 9.47. The third kappa shape index (κ3) is 4.61. The van der Waals surface area contributed by atoms with Crippen molar-refractivity contribution in [2.24, 2.45) is 0 Å². The van der Waals surface area contributed by atoms with E-state index in [0.29, 0.717) is 12.1 Å². The number of anilines is 1. The van der Waals surface area contributed by atoms with Crippen molar-refractivity contribution in [3.8, 4) is 6.07 Å². The number of hydrogen-bond donors (Lipinski definition) is 0. The zero-order chi connectivity index (χ0) is 20.1. The number of hydrogen-bond acceptors (Lipinski definition) is 3. The van der Waals surface area contributed by atoms with Crippen LogP contribution in [0.4, 0.5) is 5.69 Å². The fourth-order valence-corrected chi connectivity index (χ4v) is 3.57. The molecule has 0 saturated carbocycles. The number of nitriles is 1. The Morgan fingerprint density at radius 1 is 0.964 bits per heavy atom. The van der Waals surface area contributed by atoms with Crippen LogP contribution in [0.15, 0.2) is 42.5 Å². The molecule has 0 atom stereocenters. The molecule has 0 radical (unpaired) electrons. The van der Waals surface area contributed by atoms with E-state index in [1.54, 1.807) is 6.08 Å². The molecular weight excluding hydrogens is 346 g/mol. The highest BCUT2D eigenvalue weighted by Gasteiger charge is 2.18. The summed E-state index contributed by atoms with van der Waals surface area (Å²) in [4.78, 5) is 16.9. The van der Waals surface area contributed by atoms with Crippen molar-refractivity contribution in [1.82, 2.24) is 4.90 Å². The molecule has 144 valence electrons. The quantitative estimate of drug-likeness (QED) is 0.756. The molecule has 0 unspecified atom stereocenters. The van der Waals surface area contributed by atoms with Gasteiger partial charge in [0.1, 0.15) is 0 Å². The molecule has 4 heteroatoms. The lowest BCUT2D eigenvalue weighted by molar-refractivity contribution is -0.125. The van der Waals surface area contributed by atoms with E-state index in [0.717, 1.165) is 37.3 Å². The van der Waals surface area contributed by atoms with Crippen LogP contribution in [0.25, 0.3) is 6.08 Å². The summed E-state index contributed by atoms with van der Waals surface area (Å²) in [7, 11) is 0. The molecule has 2 aromatic rings. The van der Waals surface area contributed by atoms with Gasteiger partial charge in [-0.1, -0.05) is 12.1 Å². The standard InChI is InChI=1S/C24H27N3O/c1-18-15-20(3)22(16-19(18)2)7-10-24(28)27-12-4-11-26(13-14-27)23-8-5-21(17-25)6-9-23/h5-10,15-16H,4,11-14H2,1-3H3/b10-7+. The Kier molecular flexibility index (Phi) is 6.16. The van der Waals surface area contributed by atoms with E-state index in [4.69, 9.17) is 5.26 Å². The van der Waals surface area contributed by atoms with E-state index in [-0.39, 0.29) is 5.91 Å². The summed E-state index contributed by atoms with van der Waals surface area (Å²) >= 11 is 0. The number of benzene rings is 2. The number of carbonyl (C=O) groups is 1. The van der Waals surface area contributed by atoms with Gasteiger partial charge < -0.3 is 9.80 Å². The second-order valence-corrected chi connectivity index (χ2v) is 7.45. The highest BCUT2D eigenvalue weighted by atomic mass is 16.2. The number of carbonyl (C=O) groups excluding carboxylic acids is 1. The highest BCUT2D eigenvalue weighted by molar-refractivity contribution is 5.92. The van der Waals surface area contributed by atoms with Crippen LogP contribution in [0.2, 0.25) is 0 Å². The van der Waals surface area contributed by atoms with Crippen LogP contribution in [0.1, 0.15) is 34.2 Å². The lowest BCUT2D eigenvalue weighted by Crippen LogP contribution is -2.34. The fraction of sp³-hybridized carbons (Fsp3) is 0.333. The van der Waals surface area contributed by atoms with Gasteiger partial charge in [0, 0.05) is 37.9 Å². The van der Waals surface area contributed by atoms with E-state index in [2.05, 4.69) is 43.9 Å². The summed E-state index contributed by atoms with van der Waals surface area (Å²) in [6, 6.07) is 14.1. The smallest absolute Gasteiger partial charge is 0.246 e. The number of aryl methyl sites for hydroxylation is 3. The van der Waals surface area contributed by atoms with Gasteiger partial charge in [0.15, 0.2) is 0 Å². The second kappa shape index (κ2) is 8.75. The maximum atomic E-state index is 12.7. The van der Waals surface area contributed by atoms with Crippen molar-refractivity contribution in [3.63, 3.8) is 0 Å². The van der Waals surface area contributed by atoms with Gasteiger partial charge in [-0.05, 0) is 79.8 Å². The molecule has 0 spiro atoms. The molecule has 2 aromatic carbocycles.